The van der Waals surface area contributed by atoms with Crippen molar-refractivity contribution in [2.24, 2.45) is 5.92 Å². The highest BCUT2D eigenvalue weighted by Crippen LogP contribution is 2.19. The van der Waals surface area contributed by atoms with Gasteiger partial charge in [-0.2, -0.15) is 0 Å². The average molecular weight is 552 g/mol. The Morgan fingerprint density at radius 2 is 1.56 bits per heavy atom. The van der Waals surface area contributed by atoms with E-state index in [0.717, 1.165) is 26.7 Å². The number of ether oxygens (including phenoxy) is 1. The van der Waals surface area contributed by atoms with Crippen LogP contribution in [0, 0.1) is 19.8 Å². The number of aryl methyl sites for hydroxylation is 2. The Kier molecular flexibility index (Phi) is 10.1. The second-order valence-electron chi connectivity index (χ2n) is 9.60. The molecule has 0 heterocycles. The Morgan fingerprint density at radius 1 is 0.917 bits per heavy atom. The fourth-order valence-electron chi connectivity index (χ4n) is 4.01. The van der Waals surface area contributed by atoms with Gasteiger partial charge in [0.05, 0.1) is 0 Å². The van der Waals surface area contributed by atoms with E-state index in [9.17, 15) is 9.59 Å². The van der Waals surface area contributed by atoms with Crippen molar-refractivity contribution >= 4 is 27.7 Å². The number of nitrogens with zero attached hydrogens (tertiary/aromatic N) is 1. The maximum absolute atomic E-state index is 13.6. The predicted octanol–water partition coefficient (Wildman–Crippen LogP) is 5.86. The zero-order chi connectivity index (χ0) is 26.1. The molecule has 0 aromatic heterocycles. The van der Waals surface area contributed by atoms with Crippen LogP contribution in [0.5, 0.6) is 5.75 Å². The molecule has 1 unspecified atom stereocenters. The van der Waals surface area contributed by atoms with Gasteiger partial charge in [-0.05, 0) is 66.3 Å². The summed E-state index contributed by atoms with van der Waals surface area (Å²) in [5, 5.41) is 3.04. The van der Waals surface area contributed by atoms with Gasteiger partial charge in [0, 0.05) is 24.0 Å². The Balaban J connectivity index is 1.90. The van der Waals surface area contributed by atoms with Crippen LogP contribution in [0.3, 0.4) is 0 Å². The van der Waals surface area contributed by atoms with Crippen molar-refractivity contribution in [1.29, 1.82) is 0 Å². The molecule has 0 saturated heterocycles. The van der Waals surface area contributed by atoms with Gasteiger partial charge in [-0.25, -0.2) is 0 Å². The van der Waals surface area contributed by atoms with Crippen LogP contribution in [0.4, 0.5) is 0 Å². The summed E-state index contributed by atoms with van der Waals surface area (Å²) in [5.74, 6) is 0.547. The Labute approximate surface area is 223 Å². The van der Waals surface area contributed by atoms with Crippen LogP contribution < -0.4 is 10.1 Å². The van der Waals surface area contributed by atoms with Crippen LogP contribution in [-0.2, 0) is 22.6 Å². The first-order valence-corrected chi connectivity index (χ1v) is 13.1. The molecular weight excluding hydrogens is 516 g/mol. The molecule has 0 spiro atoms. The summed E-state index contributed by atoms with van der Waals surface area (Å²) < 4.78 is 6.87. The number of hydrogen-bond acceptors (Lipinski definition) is 3. The van der Waals surface area contributed by atoms with E-state index in [0.29, 0.717) is 31.2 Å². The molecule has 0 saturated carbocycles. The molecule has 6 heteroatoms. The zero-order valence-corrected chi connectivity index (χ0v) is 23.0. The van der Waals surface area contributed by atoms with Gasteiger partial charge in [0.1, 0.15) is 11.8 Å². The van der Waals surface area contributed by atoms with Gasteiger partial charge in [0.25, 0.3) is 5.91 Å². The Morgan fingerprint density at radius 3 is 2.17 bits per heavy atom. The first-order valence-electron chi connectivity index (χ1n) is 12.3. The van der Waals surface area contributed by atoms with Gasteiger partial charge in [0.15, 0.2) is 6.61 Å². The number of benzene rings is 3. The van der Waals surface area contributed by atoms with Gasteiger partial charge in [-0.15, -0.1) is 0 Å². The lowest BCUT2D eigenvalue weighted by Gasteiger charge is -2.31. The molecule has 0 radical (unpaired) electrons. The molecule has 0 bridgehead atoms. The minimum absolute atomic E-state index is 0.151. The second-order valence-corrected chi connectivity index (χ2v) is 10.5. The van der Waals surface area contributed by atoms with Crippen molar-refractivity contribution in [1.82, 2.24) is 10.2 Å². The SMILES string of the molecule is Cc1cc(C)cc(OCC(=O)N(Cc2ccc(Br)cc2)C(Cc2ccccc2)C(=O)NCC(C)C)c1. The molecule has 0 aliphatic rings. The lowest BCUT2D eigenvalue weighted by atomic mass is 10.0. The molecule has 0 aliphatic carbocycles. The van der Waals surface area contributed by atoms with Gasteiger partial charge in [0.2, 0.25) is 5.91 Å². The smallest absolute Gasteiger partial charge is 0.261 e. The molecule has 2 amide bonds. The lowest BCUT2D eigenvalue weighted by Crippen LogP contribution is -2.52. The summed E-state index contributed by atoms with van der Waals surface area (Å²) in [4.78, 5) is 28.7. The number of rotatable bonds is 11. The number of carbonyl (C=O) groups excluding carboxylic acids is 2. The normalized spacial score (nSPS) is 11.7. The van der Waals surface area contributed by atoms with E-state index < -0.39 is 6.04 Å². The third-order valence-electron chi connectivity index (χ3n) is 5.78. The highest BCUT2D eigenvalue weighted by molar-refractivity contribution is 9.10. The fraction of sp³-hybridized carbons (Fsp3) is 0.333. The molecular formula is C30H35BrN2O3. The Bertz CT molecular complexity index is 1130. The van der Waals surface area contributed by atoms with E-state index in [1.807, 2.05) is 80.6 Å². The largest absolute Gasteiger partial charge is 0.484 e. The maximum Gasteiger partial charge on any atom is 0.261 e. The molecule has 3 aromatic carbocycles. The Hall–Kier alpha value is -3.12. The summed E-state index contributed by atoms with van der Waals surface area (Å²) in [7, 11) is 0. The van der Waals surface area contributed by atoms with Gasteiger partial charge in [-0.3, -0.25) is 9.59 Å². The van der Waals surface area contributed by atoms with E-state index in [1.165, 1.54) is 0 Å². The second kappa shape index (κ2) is 13.3. The zero-order valence-electron chi connectivity index (χ0n) is 21.5. The highest BCUT2D eigenvalue weighted by Gasteiger charge is 2.30. The van der Waals surface area contributed by atoms with Crippen molar-refractivity contribution < 1.29 is 14.3 Å². The van der Waals surface area contributed by atoms with E-state index in [1.54, 1.807) is 4.90 Å². The first-order chi connectivity index (χ1) is 17.2. The van der Waals surface area contributed by atoms with E-state index in [-0.39, 0.29) is 18.4 Å². The average Bonchev–Trinajstić information content (AvgIpc) is 2.84. The van der Waals surface area contributed by atoms with Crippen LogP contribution in [0.2, 0.25) is 0 Å². The predicted molar refractivity (Wildman–Crippen MR) is 148 cm³/mol. The van der Waals surface area contributed by atoms with E-state index in [4.69, 9.17) is 4.74 Å². The van der Waals surface area contributed by atoms with Gasteiger partial charge in [-0.1, -0.05) is 78.3 Å². The highest BCUT2D eigenvalue weighted by atomic mass is 79.9. The number of nitrogens with one attached hydrogen (secondary N) is 1. The maximum atomic E-state index is 13.6. The molecule has 0 aliphatic heterocycles. The van der Waals surface area contributed by atoms with Crippen LogP contribution in [-0.4, -0.2) is 35.9 Å². The summed E-state index contributed by atoms with van der Waals surface area (Å²) in [6.45, 7) is 8.79. The van der Waals surface area contributed by atoms with Crippen LogP contribution in [0.15, 0.2) is 77.3 Å². The monoisotopic (exact) mass is 550 g/mol. The number of halogens is 1. The first kappa shape index (κ1) is 27.5. The topological polar surface area (TPSA) is 58.6 Å². The molecule has 36 heavy (non-hydrogen) atoms. The molecule has 190 valence electrons. The van der Waals surface area contributed by atoms with E-state index >= 15 is 0 Å². The summed E-state index contributed by atoms with van der Waals surface area (Å²) in [6, 6.07) is 22.8. The van der Waals surface area contributed by atoms with Crippen molar-refractivity contribution in [2.75, 3.05) is 13.2 Å². The number of hydrogen-bond donors (Lipinski definition) is 1. The van der Waals surface area contributed by atoms with Gasteiger partial charge < -0.3 is 15.0 Å². The van der Waals surface area contributed by atoms with Crippen molar-refractivity contribution in [3.8, 4) is 5.75 Å². The minimum Gasteiger partial charge on any atom is -0.484 e. The fourth-order valence-corrected chi connectivity index (χ4v) is 4.27. The summed E-state index contributed by atoms with van der Waals surface area (Å²) >= 11 is 3.47. The van der Waals surface area contributed by atoms with Crippen LogP contribution in [0.25, 0.3) is 0 Å². The molecule has 1 N–H and O–H groups in total. The quantitative estimate of drug-likeness (QED) is 0.325. The van der Waals surface area contributed by atoms with E-state index in [2.05, 4.69) is 41.2 Å². The van der Waals surface area contributed by atoms with Crippen molar-refractivity contribution in [3.63, 3.8) is 0 Å². The molecule has 1 atom stereocenters. The van der Waals surface area contributed by atoms with Crippen LogP contribution >= 0.6 is 15.9 Å². The third kappa shape index (κ3) is 8.52. The summed E-state index contributed by atoms with van der Waals surface area (Å²) in [5.41, 5.74) is 4.07. The molecule has 0 fully saturated rings. The van der Waals surface area contributed by atoms with Gasteiger partial charge >= 0.3 is 0 Å². The van der Waals surface area contributed by atoms with Crippen LogP contribution in [0.1, 0.15) is 36.1 Å². The molecule has 5 nitrogen and oxygen atoms in total. The number of carbonyl (C=O) groups is 2. The minimum atomic E-state index is -0.676. The lowest BCUT2D eigenvalue weighted by molar-refractivity contribution is -0.142. The standard InChI is InChI=1S/C30H35BrN2O3/c1-21(2)18-32-30(35)28(17-24-8-6-5-7-9-24)33(19-25-10-12-26(31)13-11-25)29(34)20-36-27-15-22(3)14-23(4)16-27/h5-16,21,28H,17-20H2,1-4H3,(H,32,35). The summed E-state index contributed by atoms with van der Waals surface area (Å²) in [6.07, 6.45) is 0.413. The molecule has 3 rings (SSSR count). The molecule has 3 aromatic rings. The number of amides is 2. The third-order valence-corrected chi connectivity index (χ3v) is 6.31. The van der Waals surface area contributed by atoms with Crippen molar-refractivity contribution in [3.05, 3.63) is 99.5 Å². The van der Waals surface area contributed by atoms with Crippen molar-refractivity contribution in [2.45, 2.75) is 46.7 Å².